The summed E-state index contributed by atoms with van der Waals surface area (Å²) in [5.74, 6) is -4.45. The van der Waals surface area contributed by atoms with Gasteiger partial charge in [0.05, 0.1) is 13.0 Å². The van der Waals surface area contributed by atoms with E-state index in [9.17, 15) is 14.4 Å². The number of rotatable bonds is 7. The Hall–Kier alpha value is -1.69. The maximum atomic E-state index is 11.0. The number of ether oxygens (including phenoxy) is 1. The third-order valence-electron chi connectivity index (χ3n) is 1.57. The average molecular weight is 216 g/mol. The van der Waals surface area contributed by atoms with Crippen LogP contribution >= 0.6 is 0 Å². The van der Waals surface area contributed by atoms with Crippen molar-refractivity contribution in [1.82, 2.24) is 0 Å². The van der Waals surface area contributed by atoms with Gasteiger partial charge in [0.25, 0.3) is 0 Å². The van der Waals surface area contributed by atoms with E-state index in [1.54, 1.807) is 0 Å². The van der Waals surface area contributed by atoms with Crippen LogP contribution in [-0.2, 0) is 19.1 Å². The summed E-state index contributed by atoms with van der Waals surface area (Å²) in [5.41, 5.74) is 0. The molecule has 0 heterocycles. The Morgan fingerprint density at radius 3 is 2.40 bits per heavy atom. The van der Waals surface area contributed by atoms with Crippen molar-refractivity contribution in [2.45, 2.75) is 6.42 Å². The number of hydrogen-bond donors (Lipinski definition) is 2. The Bertz CT molecular complexity index is 270. The fraction of sp³-hybridized carbons (Fsp3) is 0.444. The summed E-state index contributed by atoms with van der Waals surface area (Å²) in [6, 6.07) is 0. The van der Waals surface area contributed by atoms with Crippen molar-refractivity contribution in [2.24, 2.45) is 5.92 Å². The molecule has 0 radical (unpaired) electrons. The lowest BCUT2D eigenvalue weighted by molar-refractivity contribution is -0.154. The van der Waals surface area contributed by atoms with E-state index in [1.165, 1.54) is 0 Å². The zero-order valence-electron chi connectivity index (χ0n) is 8.01. The molecule has 0 aromatic rings. The number of hydrogen-bond acceptors (Lipinski definition) is 5. The first kappa shape index (κ1) is 13.3. The molecule has 0 aromatic heterocycles. The van der Waals surface area contributed by atoms with Gasteiger partial charge in [-0.05, 0) is 6.08 Å². The van der Waals surface area contributed by atoms with Crippen LogP contribution in [-0.4, -0.2) is 41.1 Å². The van der Waals surface area contributed by atoms with Crippen LogP contribution in [0.5, 0.6) is 0 Å². The Labute approximate surface area is 86.2 Å². The van der Waals surface area contributed by atoms with Gasteiger partial charge in [-0.1, -0.05) is 6.58 Å². The fourth-order valence-electron chi connectivity index (χ4n) is 0.837. The molecule has 2 N–H and O–H groups in total. The summed E-state index contributed by atoms with van der Waals surface area (Å²) < 4.78 is 4.43. The van der Waals surface area contributed by atoms with Crippen LogP contribution in [0.3, 0.4) is 0 Å². The monoisotopic (exact) mass is 216 g/mol. The lowest BCUT2D eigenvalue weighted by Crippen LogP contribution is -2.26. The van der Waals surface area contributed by atoms with E-state index in [1.807, 2.05) is 0 Å². The largest absolute Gasteiger partial charge is 0.481 e. The lowest BCUT2D eigenvalue weighted by Gasteiger charge is -2.08. The summed E-state index contributed by atoms with van der Waals surface area (Å²) in [6.07, 6.45) is 0.290. The maximum absolute atomic E-state index is 11.0. The summed E-state index contributed by atoms with van der Waals surface area (Å²) in [6.45, 7) is 2.57. The van der Waals surface area contributed by atoms with E-state index in [0.29, 0.717) is 0 Å². The quantitative estimate of drug-likeness (QED) is 0.334. The van der Waals surface area contributed by atoms with Crippen molar-refractivity contribution < 1.29 is 29.3 Å². The molecule has 1 unspecified atom stereocenters. The number of carboxylic acids is 1. The first-order valence-corrected chi connectivity index (χ1v) is 4.18. The molecular formula is C9H12O6. The van der Waals surface area contributed by atoms with Crippen LogP contribution < -0.4 is 0 Å². The summed E-state index contributed by atoms with van der Waals surface area (Å²) in [4.78, 5) is 32.5. The number of esters is 1. The molecule has 0 aliphatic heterocycles. The minimum absolute atomic E-state index is 0.215. The van der Waals surface area contributed by atoms with Gasteiger partial charge in [-0.3, -0.25) is 14.4 Å². The van der Waals surface area contributed by atoms with E-state index in [4.69, 9.17) is 10.2 Å². The van der Waals surface area contributed by atoms with E-state index in [0.717, 1.165) is 6.08 Å². The molecule has 0 amide bonds. The Morgan fingerprint density at radius 1 is 1.40 bits per heavy atom. The van der Waals surface area contributed by atoms with Crippen LogP contribution in [0.1, 0.15) is 6.42 Å². The normalized spacial score (nSPS) is 11.5. The molecule has 6 nitrogen and oxygen atoms in total. The third kappa shape index (κ3) is 4.92. The predicted molar refractivity (Wildman–Crippen MR) is 49.0 cm³/mol. The SMILES string of the molecule is C=CC(=O)C(CC(=O)OCCO)C(=O)O. The lowest BCUT2D eigenvalue weighted by atomic mass is 10.0. The molecule has 0 saturated heterocycles. The second-order valence-electron chi connectivity index (χ2n) is 2.65. The van der Waals surface area contributed by atoms with Crippen molar-refractivity contribution in [1.29, 1.82) is 0 Å². The summed E-state index contributed by atoms with van der Waals surface area (Å²) in [5, 5.41) is 17.0. The van der Waals surface area contributed by atoms with Crippen LogP contribution in [0.2, 0.25) is 0 Å². The molecule has 15 heavy (non-hydrogen) atoms. The van der Waals surface area contributed by atoms with Crippen LogP contribution in [0, 0.1) is 5.92 Å². The highest BCUT2D eigenvalue weighted by Crippen LogP contribution is 2.07. The van der Waals surface area contributed by atoms with Gasteiger partial charge >= 0.3 is 11.9 Å². The summed E-state index contributed by atoms with van der Waals surface area (Å²) in [7, 11) is 0. The highest BCUT2D eigenvalue weighted by molar-refractivity contribution is 6.06. The molecule has 0 spiro atoms. The number of aliphatic hydroxyl groups is 1. The van der Waals surface area contributed by atoms with Gasteiger partial charge in [-0.25, -0.2) is 0 Å². The minimum atomic E-state index is -1.46. The Kier molecular flexibility index (Phi) is 5.96. The first-order chi connectivity index (χ1) is 7.02. The van der Waals surface area contributed by atoms with E-state index < -0.39 is 30.1 Å². The van der Waals surface area contributed by atoms with Gasteiger partial charge < -0.3 is 14.9 Å². The molecule has 0 aromatic carbocycles. The number of aliphatic hydroxyl groups excluding tert-OH is 1. The second kappa shape index (κ2) is 6.72. The third-order valence-corrected chi connectivity index (χ3v) is 1.57. The highest BCUT2D eigenvalue weighted by atomic mass is 16.5. The molecule has 0 fully saturated rings. The van der Waals surface area contributed by atoms with Crippen LogP contribution in [0.25, 0.3) is 0 Å². The number of carbonyl (C=O) groups excluding carboxylic acids is 2. The van der Waals surface area contributed by atoms with Crippen molar-refractivity contribution in [3.63, 3.8) is 0 Å². The number of carbonyl (C=O) groups is 3. The van der Waals surface area contributed by atoms with Gasteiger partial charge in [0.1, 0.15) is 12.5 Å². The molecule has 6 heteroatoms. The number of aliphatic carboxylic acids is 1. The van der Waals surface area contributed by atoms with E-state index >= 15 is 0 Å². The standard InChI is InChI=1S/C9H12O6/c1-2-7(11)6(9(13)14)5-8(12)15-4-3-10/h2,6,10H,1,3-5H2,(H,13,14). The fourth-order valence-corrected chi connectivity index (χ4v) is 0.837. The van der Waals surface area contributed by atoms with Crippen LogP contribution in [0.15, 0.2) is 12.7 Å². The van der Waals surface area contributed by atoms with Crippen molar-refractivity contribution in [3.8, 4) is 0 Å². The second-order valence-corrected chi connectivity index (χ2v) is 2.65. The van der Waals surface area contributed by atoms with Crippen molar-refractivity contribution >= 4 is 17.7 Å². The molecule has 0 saturated carbocycles. The molecular weight excluding hydrogens is 204 g/mol. The van der Waals surface area contributed by atoms with Gasteiger partial charge in [0.15, 0.2) is 5.78 Å². The topological polar surface area (TPSA) is 101 Å². The first-order valence-electron chi connectivity index (χ1n) is 4.18. The van der Waals surface area contributed by atoms with E-state index in [-0.39, 0.29) is 13.2 Å². The predicted octanol–water partition coefficient (Wildman–Crippen LogP) is -0.632. The Morgan fingerprint density at radius 2 is 2.00 bits per heavy atom. The molecule has 84 valence electrons. The maximum Gasteiger partial charge on any atom is 0.315 e. The minimum Gasteiger partial charge on any atom is -0.481 e. The molecule has 0 bridgehead atoms. The van der Waals surface area contributed by atoms with Gasteiger partial charge in [0.2, 0.25) is 0 Å². The Balaban J connectivity index is 4.29. The zero-order valence-corrected chi connectivity index (χ0v) is 8.01. The molecule has 0 rings (SSSR count). The average Bonchev–Trinajstić information content (AvgIpc) is 2.21. The van der Waals surface area contributed by atoms with E-state index in [2.05, 4.69) is 11.3 Å². The molecule has 0 aliphatic carbocycles. The van der Waals surface area contributed by atoms with Crippen LogP contribution in [0.4, 0.5) is 0 Å². The summed E-state index contributed by atoms with van der Waals surface area (Å²) >= 11 is 0. The number of allylic oxidation sites excluding steroid dienone is 1. The number of carboxylic acid groups (broad SMARTS) is 1. The zero-order chi connectivity index (χ0) is 11.8. The molecule has 1 atom stereocenters. The van der Waals surface area contributed by atoms with Gasteiger partial charge in [-0.2, -0.15) is 0 Å². The smallest absolute Gasteiger partial charge is 0.315 e. The number of ketones is 1. The van der Waals surface area contributed by atoms with Gasteiger partial charge in [0, 0.05) is 0 Å². The highest BCUT2D eigenvalue weighted by Gasteiger charge is 2.27. The molecule has 0 aliphatic rings. The van der Waals surface area contributed by atoms with Gasteiger partial charge in [-0.15, -0.1) is 0 Å². The van der Waals surface area contributed by atoms with Crippen molar-refractivity contribution in [3.05, 3.63) is 12.7 Å². The van der Waals surface area contributed by atoms with Crippen molar-refractivity contribution in [2.75, 3.05) is 13.2 Å².